The molecule has 0 N–H and O–H groups in total. The summed E-state index contributed by atoms with van der Waals surface area (Å²) >= 11 is 0. The quantitative estimate of drug-likeness (QED) is 0.677. The topological polar surface area (TPSA) is 63.6 Å². The second-order valence-electron chi connectivity index (χ2n) is 2.29. The van der Waals surface area contributed by atoms with E-state index in [1.807, 2.05) is 0 Å². The number of hydrogen-bond donors (Lipinski definition) is 0. The van der Waals surface area contributed by atoms with Gasteiger partial charge in [-0.25, -0.2) is 0 Å². The number of hydrogen-bond acceptors (Lipinski definition) is 4. The predicted molar refractivity (Wildman–Crippen MR) is 47.0 cm³/mol. The Hall–Kier alpha value is -1.49. The summed E-state index contributed by atoms with van der Waals surface area (Å²) in [6.45, 7) is -0.319. The normalized spacial score (nSPS) is 9.23. The fourth-order valence-electron chi connectivity index (χ4n) is 0.827. The summed E-state index contributed by atoms with van der Waals surface area (Å²) in [6.07, 6.45) is 0. The molecule has 68 valence electrons. The number of nitrogens with zero attached hydrogens (tertiary/aromatic N) is 1. The van der Waals surface area contributed by atoms with Crippen molar-refractivity contribution >= 4 is 16.3 Å². The van der Waals surface area contributed by atoms with Crippen molar-refractivity contribution in [3.05, 3.63) is 35.9 Å². The number of ketones is 1. The highest BCUT2D eigenvalue weighted by molar-refractivity contribution is 7.61. The molecular formula is C8H7NO3S. The Balaban J connectivity index is 2.76. The lowest BCUT2D eigenvalue weighted by molar-refractivity contribution is 0.100. The van der Waals surface area contributed by atoms with Gasteiger partial charge in [-0.3, -0.25) is 4.79 Å². The van der Waals surface area contributed by atoms with Gasteiger partial charge < -0.3 is 0 Å². The highest BCUT2D eigenvalue weighted by Gasteiger charge is 2.02. The van der Waals surface area contributed by atoms with E-state index < -0.39 is 10.5 Å². The van der Waals surface area contributed by atoms with Crippen molar-refractivity contribution in [2.75, 3.05) is 6.54 Å². The molecule has 0 unspecified atom stereocenters. The summed E-state index contributed by atoms with van der Waals surface area (Å²) in [6, 6.07) is 8.43. The lowest BCUT2D eigenvalue weighted by Gasteiger charge is -1.93. The van der Waals surface area contributed by atoms with Crippen LogP contribution >= 0.6 is 0 Å². The molecule has 0 radical (unpaired) electrons. The molecular weight excluding hydrogens is 190 g/mol. The van der Waals surface area contributed by atoms with Crippen molar-refractivity contribution < 1.29 is 13.2 Å². The van der Waals surface area contributed by atoms with Crippen molar-refractivity contribution in [2.45, 2.75) is 0 Å². The molecule has 0 spiro atoms. The molecule has 0 fully saturated rings. The van der Waals surface area contributed by atoms with Crippen LogP contribution in [-0.2, 0) is 10.5 Å². The van der Waals surface area contributed by atoms with E-state index in [4.69, 9.17) is 0 Å². The fourth-order valence-corrected chi connectivity index (χ4v) is 1.05. The predicted octanol–water partition coefficient (Wildman–Crippen LogP) is 0.932. The number of carbonyl (C=O) groups excluding carboxylic acids is 1. The first kappa shape index (κ1) is 9.60. The third-order valence-electron chi connectivity index (χ3n) is 1.41. The fraction of sp³-hybridized carbons (Fsp3) is 0.125. The van der Waals surface area contributed by atoms with Gasteiger partial charge in [0.15, 0.2) is 5.78 Å². The zero-order chi connectivity index (χ0) is 9.68. The third-order valence-corrected chi connectivity index (χ3v) is 1.75. The number of Topliss-reactive ketones (excluding diaryl/α,β-unsaturated/α-hetero) is 1. The monoisotopic (exact) mass is 197 g/mol. The van der Waals surface area contributed by atoms with Crippen molar-refractivity contribution in [3.8, 4) is 0 Å². The van der Waals surface area contributed by atoms with Crippen LogP contribution in [0.1, 0.15) is 10.4 Å². The van der Waals surface area contributed by atoms with Gasteiger partial charge in [-0.05, 0) is 0 Å². The third kappa shape index (κ3) is 3.16. The highest BCUT2D eigenvalue weighted by atomic mass is 32.2. The van der Waals surface area contributed by atoms with Crippen molar-refractivity contribution in [1.82, 2.24) is 0 Å². The average Bonchev–Trinajstić information content (AvgIpc) is 2.15. The minimum atomic E-state index is -2.51. The maximum Gasteiger partial charge on any atom is 0.311 e. The maximum absolute atomic E-state index is 11.2. The summed E-state index contributed by atoms with van der Waals surface area (Å²) in [5.41, 5.74) is 0.469. The Bertz CT molecular complexity index is 414. The van der Waals surface area contributed by atoms with Crippen LogP contribution in [0.25, 0.3) is 0 Å². The molecule has 1 aromatic rings. The molecule has 0 amide bonds. The van der Waals surface area contributed by atoms with E-state index in [2.05, 4.69) is 4.36 Å². The molecule has 0 heterocycles. The first-order valence-corrected chi connectivity index (χ1v) is 4.58. The molecule has 1 rings (SSSR count). The molecule has 0 bridgehead atoms. The molecule has 0 saturated carbocycles. The van der Waals surface area contributed by atoms with E-state index in [0.29, 0.717) is 5.56 Å². The van der Waals surface area contributed by atoms with Crippen molar-refractivity contribution in [2.24, 2.45) is 4.36 Å². The molecule has 0 aliphatic rings. The van der Waals surface area contributed by atoms with E-state index in [-0.39, 0.29) is 12.3 Å². The summed E-state index contributed by atoms with van der Waals surface area (Å²) in [4.78, 5) is 11.2. The van der Waals surface area contributed by atoms with Gasteiger partial charge in [0.1, 0.15) is 6.54 Å². The summed E-state index contributed by atoms with van der Waals surface area (Å²) < 4.78 is 23.1. The Morgan fingerprint density at radius 1 is 1.23 bits per heavy atom. The van der Waals surface area contributed by atoms with Gasteiger partial charge in [0.05, 0.1) is 0 Å². The van der Waals surface area contributed by atoms with Gasteiger partial charge in [0.25, 0.3) is 0 Å². The zero-order valence-corrected chi connectivity index (χ0v) is 7.49. The molecule has 0 aliphatic carbocycles. The van der Waals surface area contributed by atoms with Gasteiger partial charge in [-0.2, -0.15) is 12.8 Å². The van der Waals surface area contributed by atoms with E-state index >= 15 is 0 Å². The smallest absolute Gasteiger partial charge is 0.292 e. The molecule has 5 heteroatoms. The molecule has 0 aromatic heterocycles. The number of carbonyl (C=O) groups is 1. The molecule has 0 aliphatic heterocycles. The zero-order valence-electron chi connectivity index (χ0n) is 6.67. The number of rotatable bonds is 3. The first-order valence-electron chi connectivity index (χ1n) is 3.55. The van der Waals surface area contributed by atoms with Crippen molar-refractivity contribution in [3.63, 3.8) is 0 Å². The summed E-state index contributed by atoms with van der Waals surface area (Å²) in [7, 11) is -2.51. The van der Waals surface area contributed by atoms with E-state index in [1.165, 1.54) is 0 Å². The summed E-state index contributed by atoms with van der Waals surface area (Å²) in [5, 5.41) is 0. The molecule has 13 heavy (non-hydrogen) atoms. The lowest BCUT2D eigenvalue weighted by atomic mass is 10.1. The van der Waals surface area contributed by atoms with Gasteiger partial charge in [-0.15, -0.1) is 0 Å². The SMILES string of the molecule is O=C(CN=S(=O)=O)c1ccccc1. The van der Waals surface area contributed by atoms with Crippen LogP contribution in [0.4, 0.5) is 0 Å². The van der Waals surface area contributed by atoms with Crippen LogP contribution in [0.2, 0.25) is 0 Å². The second-order valence-corrected chi connectivity index (χ2v) is 2.99. The van der Waals surface area contributed by atoms with Crippen LogP contribution in [0.15, 0.2) is 34.7 Å². The average molecular weight is 197 g/mol. The Morgan fingerprint density at radius 2 is 1.85 bits per heavy atom. The largest absolute Gasteiger partial charge is 0.311 e. The van der Waals surface area contributed by atoms with Gasteiger partial charge in [0, 0.05) is 5.56 Å². The van der Waals surface area contributed by atoms with Crippen LogP contribution in [0, 0.1) is 0 Å². The standard InChI is InChI=1S/C8H7NO3S/c10-8(6-9-13(11)12)7-4-2-1-3-5-7/h1-5H,6H2. The second kappa shape index (κ2) is 4.51. The lowest BCUT2D eigenvalue weighted by Crippen LogP contribution is -2.02. The first-order chi connectivity index (χ1) is 6.20. The van der Waals surface area contributed by atoms with Crippen LogP contribution in [0.5, 0.6) is 0 Å². The van der Waals surface area contributed by atoms with E-state index in [9.17, 15) is 13.2 Å². The Labute approximate surface area is 76.9 Å². The van der Waals surface area contributed by atoms with Crippen molar-refractivity contribution in [1.29, 1.82) is 0 Å². The summed E-state index contributed by atoms with van der Waals surface area (Å²) in [5.74, 6) is -0.301. The number of benzene rings is 1. The minimum absolute atomic E-state index is 0.301. The molecule has 0 atom stereocenters. The van der Waals surface area contributed by atoms with Gasteiger partial charge in [-0.1, -0.05) is 30.3 Å². The van der Waals surface area contributed by atoms with Gasteiger partial charge >= 0.3 is 10.5 Å². The molecule has 1 aromatic carbocycles. The Kier molecular flexibility index (Phi) is 3.33. The molecule has 4 nitrogen and oxygen atoms in total. The van der Waals surface area contributed by atoms with E-state index in [0.717, 1.165) is 0 Å². The van der Waals surface area contributed by atoms with Crippen LogP contribution < -0.4 is 0 Å². The highest BCUT2D eigenvalue weighted by Crippen LogP contribution is 1.99. The maximum atomic E-state index is 11.2. The van der Waals surface area contributed by atoms with Crippen LogP contribution in [-0.4, -0.2) is 20.7 Å². The van der Waals surface area contributed by atoms with Gasteiger partial charge in [0.2, 0.25) is 0 Å². The Morgan fingerprint density at radius 3 is 2.38 bits per heavy atom. The van der Waals surface area contributed by atoms with Crippen LogP contribution in [0.3, 0.4) is 0 Å². The minimum Gasteiger partial charge on any atom is -0.292 e. The van der Waals surface area contributed by atoms with E-state index in [1.54, 1.807) is 30.3 Å². The molecule has 0 saturated heterocycles.